The largest absolute Gasteiger partial charge is 0.480 e. The van der Waals surface area contributed by atoms with Gasteiger partial charge in [-0.1, -0.05) is 79.9 Å². The number of carboxylic acid groups (broad SMARTS) is 1. The molecular formula is C33H46N4O3. The number of rotatable bonds is 9. The summed E-state index contributed by atoms with van der Waals surface area (Å²) in [5.74, 6) is 0.363. The van der Waals surface area contributed by atoms with Crippen molar-refractivity contribution in [1.29, 1.82) is 0 Å². The number of carbonyl (C=O) groups is 2. The van der Waals surface area contributed by atoms with Gasteiger partial charge in [0.1, 0.15) is 6.04 Å². The third-order valence-corrected chi connectivity index (χ3v) is 9.64. The lowest BCUT2D eigenvalue weighted by Gasteiger charge is -2.38. The molecule has 2 amide bonds. The van der Waals surface area contributed by atoms with Crippen LogP contribution in [0.3, 0.4) is 0 Å². The van der Waals surface area contributed by atoms with Crippen LogP contribution in [0.4, 0.5) is 4.79 Å². The monoisotopic (exact) mass is 546 g/mol. The summed E-state index contributed by atoms with van der Waals surface area (Å²) >= 11 is 0. The summed E-state index contributed by atoms with van der Waals surface area (Å²) in [5, 5.41) is 13.4. The lowest BCUT2D eigenvalue weighted by molar-refractivity contribution is -0.145. The van der Waals surface area contributed by atoms with E-state index in [9.17, 15) is 14.7 Å². The number of likely N-dealkylation sites (tertiary alicyclic amines) is 2. The van der Waals surface area contributed by atoms with Gasteiger partial charge in [-0.05, 0) is 48.6 Å². The Morgan fingerprint density at radius 1 is 0.925 bits per heavy atom. The fraction of sp³-hybridized carbons (Fsp3) is 0.576. The number of nitrogens with zero attached hydrogens (tertiary/aromatic N) is 3. The number of hydrogen-bond acceptors (Lipinski definition) is 4. The normalized spacial score (nSPS) is 24.0. The van der Waals surface area contributed by atoms with Crippen molar-refractivity contribution >= 4 is 12.0 Å². The Morgan fingerprint density at radius 2 is 1.57 bits per heavy atom. The lowest BCUT2D eigenvalue weighted by Crippen LogP contribution is -2.49. The second-order valence-corrected chi connectivity index (χ2v) is 12.2. The fourth-order valence-corrected chi connectivity index (χ4v) is 7.39. The summed E-state index contributed by atoms with van der Waals surface area (Å²) in [5.41, 5.74) is 2.43. The molecule has 0 spiro atoms. The third-order valence-electron chi connectivity index (χ3n) is 9.64. The second kappa shape index (κ2) is 13.6. The van der Waals surface area contributed by atoms with Gasteiger partial charge in [0.25, 0.3) is 0 Å². The van der Waals surface area contributed by atoms with E-state index in [1.54, 1.807) is 0 Å². The summed E-state index contributed by atoms with van der Waals surface area (Å²) in [6, 6.07) is 20.6. The zero-order valence-corrected chi connectivity index (χ0v) is 24.0. The number of benzene rings is 2. The molecule has 2 saturated heterocycles. The van der Waals surface area contributed by atoms with E-state index in [1.807, 2.05) is 42.3 Å². The van der Waals surface area contributed by atoms with Crippen LogP contribution in [0, 0.1) is 11.8 Å². The molecule has 7 nitrogen and oxygen atoms in total. The molecular weight excluding hydrogens is 500 g/mol. The molecule has 1 aliphatic carbocycles. The predicted octanol–water partition coefficient (Wildman–Crippen LogP) is 5.04. The van der Waals surface area contributed by atoms with Gasteiger partial charge < -0.3 is 20.2 Å². The Morgan fingerprint density at radius 3 is 2.23 bits per heavy atom. The van der Waals surface area contributed by atoms with Crippen molar-refractivity contribution in [2.45, 2.75) is 69.5 Å². The van der Waals surface area contributed by atoms with Gasteiger partial charge in [-0.2, -0.15) is 0 Å². The maximum absolute atomic E-state index is 12.8. The molecule has 2 aliphatic heterocycles. The molecule has 0 bridgehead atoms. The highest BCUT2D eigenvalue weighted by Crippen LogP contribution is 2.38. The van der Waals surface area contributed by atoms with E-state index < -0.39 is 5.97 Å². The average Bonchev–Trinajstić information content (AvgIpc) is 3.40. The number of hydrogen-bond donors (Lipinski definition) is 2. The minimum atomic E-state index is -0.645. The van der Waals surface area contributed by atoms with Gasteiger partial charge in [0.05, 0.1) is 0 Å². The maximum atomic E-state index is 12.8. The van der Waals surface area contributed by atoms with Crippen LogP contribution in [0.25, 0.3) is 0 Å². The first-order chi connectivity index (χ1) is 19.5. The Labute approximate surface area is 239 Å². The number of urea groups is 1. The summed E-state index contributed by atoms with van der Waals surface area (Å²) in [6.45, 7) is 5.11. The molecule has 3 atom stereocenters. The van der Waals surface area contributed by atoms with E-state index in [-0.39, 0.29) is 24.0 Å². The van der Waals surface area contributed by atoms with E-state index in [0.29, 0.717) is 18.4 Å². The highest BCUT2D eigenvalue weighted by Gasteiger charge is 2.43. The van der Waals surface area contributed by atoms with Crippen LogP contribution in [0.5, 0.6) is 0 Å². The zero-order chi connectivity index (χ0) is 27.9. The van der Waals surface area contributed by atoms with Crippen LogP contribution in [0.1, 0.15) is 62.0 Å². The Hall–Kier alpha value is -2.90. The number of nitrogens with one attached hydrogen (secondary N) is 1. The summed E-state index contributed by atoms with van der Waals surface area (Å²) in [4.78, 5) is 32.1. The standard InChI is InChI=1S/C33H46N4O3/c1-35(33(40)34-21-25-11-5-2-6-12-25)29-17-19-36(20-18-29)22-28-23-37(24-30(28)26-13-7-3-8-14-26)31(32(38)39)27-15-9-4-10-16-27/h2-3,5-8,11-14,27-31H,4,9-10,15-24H2,1H3,(H,34,40)(H,38,39)/t28-,30+,31+/m0/s1. The summed E-state index contributed by atoms with van der Waals surface area (Å²) < 4.78 is 0. The van der Waals surface area contributed by atoms with Crippen molar-refractivity contribution in [2.75, 3.05) is 39.8 Å². The highest BCUT2D eigenvalue weighted by molar-refractivity contribution is 5.74. The molecule has 3 fully saturated rings. The van der Waals surface area contributed by atoms with Crippen molar-refractivity contribution in [2.24, 2.45) is 11.8 Å². The molecule has 5 rings (SSSR count). The molecule has 0 unspecified atom stereocenters. The van der Waals surface area contributed by atoms with Crippen LogP contribution < -0.4 is 5.32 Å². The average molecular weight is 547 g/mol. The maximum Gasteiger partial charge on any atom is 0.321 e. The first-order valence-corrected chi connectivity index (χ1v) is 15.3. The Kier molecular flexibility index (Phi) is 9.76. The van der Waals surface area contributed by atoms with Crippen LogP contribution in [-0.2, 0) is 11.3 Å². The number of aliphatic carboxylic acids is 1. The van der Waals surface area contributed by atoms with Gasteiger partial charge in [-0.25, -0.2) is 4.79 Å². The minimum Gasteiger partial charge on any atom is -0.480 e. The Bertz CT molecular complexity index is 1080. The molecule has 2 N–H and O–H groups in total. The quantitative estimate of drug-likeness (QED) is 0.461. The fourth-order valence-electron chi connectivity index (χ4n) is 7.39. The van der Waals surface area contributed by atoms with Crippen molar-refractivity contribution in [3.63, 3.8) is 0 Å². The van der Waals surface area contributed by atoms with E-state index in [4.69, 9.17) is 0 Å². The van der Waals surface area contributed by atoms with E-state index in [1.165, 1.54) is 12.0 Å². The molecule has 2 aromatic rings. The number of carbonyl (C=O) groups excluding carboxylic acids is 1. The highest BCUT2D eigenvalue weighted by atomic mass is 16.4. The SMILES string of the molecule is CN(C(=O)NCc1ccccc1)C1CCN(C[C@H]2CN([C@@H](C(=O)O)C3CCCCC3)C[C@@H]2c2ccccc2)CC1. The molecule has 2 aromatic carbocycles. The molecule has 3 aliphatic rings. The summed E-state index contributed by atoms with van der Waals surface area (Å²) in [7, 11) is 1.91. The predicted molar refractivity (Wildman–Crippen MR) is 158 cm³/mol. The first-order valence-electron chi connectivity index (χ1n) is 15.3. The number of amides is 2. The molecule has 0 aromatic heterocycles. The van der Waals surface area contributed by atoms with Crippen LogP contribution >= 0.6 is 0 Å². The number of carboxylic acids is 1. The van der Waals surface area contributed by atoms with E-state index in [2.05, 4.69) is 45.4 Å². The lowest BCUT2D eigenvalue weighted by atomic mass is 9.83. The molecule has 40 heavy (non-hydrogen) atoms. The molecule has 7 heteroatoms. The van der Waals surface area contributed by atoms with Gasteiger partial charge in [0.2, 0.25) is 0 Å². The zero-order valence-electron chi connectivity index (χ0n) is 24.0. The topological polar surface area (TPSA) is 76.1 Å². The van der Waals surface area contributed by atoms with Crippen molar-refractivity contribution in [3.8, 4) is 0 Å². The van der Waals surface area contributed by atoms with Crippen LogP contribution in [-0.4, -0.2) is 83.7 Å². The van der Waals surface area contributed by atoms with Gasteiger partial charge in [0.15, 0.2) is 0 Å². The van der Waals surface area contributed by atoms with Crippen LogP contribution in [0.2, 0.25) is 0 Å². The van der Waals surface area contributed by atoms with Crippen molar-refractivity contribution in [1.82, 2.24) is 20.0 Å². The van der Waals surface area contributed by atoms with E-state index in [0.717, 1.165) is 76.8 Å². The first kappa shape index (κ1) is 28.6. The smallest absolute Gasteiger partial charge is 0.321 e. The van der Waals surface area contributed by atoms with Gasteiger partial charge in [-0.15, -0.1) is 0 Å². The number of piperidine rings is 1. The Balaban J connectivity index is 1.18. The van der Waals surface area contributed by atoms with Gasteiger partial charge in [0, 0.05) is 58.3 Å². The summed E-state index contributed by atoms with van der Waals surface area (Å²) in [6.07, 6.45) is 7.53. The third kappa shape index (κ3) is 7.05. The minimum absolute atomic E-state index is 0.0136. The molecule has 0 radical (unpaired) electrons. The van der Waals surface area contributed by atoms with E-state index >= 15 is 0 Å². The van der Waals surface area contributed by atoms with Gasteiger partial charge in [-0.3, -0.25) is 9.69 Å². The van der Waals surface area contributed by atoms with Crippen LogP contribution in [0.15, 0.2) is 60.7 Å². The van der Waals surface area contributed by atoms with Gasteiger partial charge >= 0.3 is 12.0 Å². The molecule has 2 heterocycles. The molecule has 1 saturated carbocycles. The second-order valence-electron chi connectivity index (χ2n) is 12.2. The van der Waals surface area contributed by atoms with Crippen molar-refractivity contribution in [3.05, 3.63) is 71.8 Å². The molecule has 216 valence electrons. The van der Waals surface area contributed by atoms with Crippen molar-refractivity contribution < 1.29 is 14.7 Å².